The molecule has 7 heteroatoms. The topological polar surface area (TPSA) is 84.5 Å². The fraction of sp³-hybridized carbons (Fsp3) is 0.316. The van der Waals surface area contributed by atoms with Crippen LogP contribution in [0.3, 0.4) is 0 Å². The number of methoxy groups -OCH3 is 1. The molecule has 2 N–H and O–H groups in total. The summed E-state index contributed by atoms with van der Waals surface area (Å²) in [6.07, 6.45) is 2.85. The van der Waals surface area contributed by atoms with Gasteiger partial charge >= 0.3 is 6.09 Å². The molecule has 0 radical (unpaired) electrons. The largest absolute Gasteiger partial charge is 0.453 e. The van der Waals surface area contributed by atoms with Crippen molar-refractivity contribution >= 4 is 34.2 Å². The van der Waals surface area contributed by atoms with Crippen LogP contribution in [0.15, 0.2) is 24.3 Å². The molecule has 0 aliphatic heterocycles. The van der Waals surface area contributed by atoms with Gasteiger partial charge in [0.05, 0.1) is 12.7 Å². The van der Waals surface area contributed by atoms with Crippen LogP contribution in [0.25, 0.3) is 0 Å². The lowest BCUT2D eigenvalue weighted by molar-refractivity contribution is 0.0937. The second kappa shape index (κ2) is 7.70. The van der Waals surface area contributed by atoms with Crippen LogP contribution in [0.4, 0.5) is 9.80 Å². The van der Waals surface area contributed by atoms with Gasteiger partial charge in [-0.25, -0.2) is 4.79 Å². The van der Waals surface area contributed by atoms with Crippen molar-refractivity contribution in [3.63, 3.8) is 0 Å². The van der Waals surface area contributed by atoms with Crippen LogP contribution in [-0.2, 0) is 17.6 Å². The number of amides is 3. The first-order valence-corrected chi connectivity index (χ1v) is 9.23. The van der Waals surface area contributed by atoms with Gasteiger partial charge in [-0.1, -0.05) is 17.7 Å². The molecule has 0 atom stereocenters. The second-order valence-electron chi connectivity index (χ2n) is 6.18. The molecule has 1 heterocycles. The summed E-state index contributed by atoms with van der Waals surface area (Å²) in [6, 6.07) is 7.21. The lowest BCUT2D eigenvalue weighted by Crippen LogP contribution is -2.31. The standard InChI is InChI=1S/C19H20N2O4S/c1-11-7-9-12(10-8-11)16(22)20-18-15(17(23)21-19(24)25-2)13-5-3-4-6-14(13)26-18/h7-10H,3-6H2,1-2H3,(H,20,22)(H,21,23,24). The van der Waals surface area contributed by atoms with E-state index in [1.165, 1.54) is 18.4 Å². The fourth-order valence-corrected chi connectivity index (χ4v) is 4.26. The van der Waals surface area contributed by atoms with Crippen LogP contribution >= 0.6 is 11.3 Å². The first-order chi connectivity index (χ1) is 12.5. The van der Waals surface area contributed by atoms with Gasteiger partial charge in [-0.2, -0.15) is 0 Å². The van der Waals surface area contributed by atoms with Crippen molar-refractivity contribution in [1.29, 1.82) is 0 Å². The molecular weight excluding hydrogens is 352 g/mol. The van der Waals surface area contributed by atoms with Crippen molar-refractivity contribution in [2.45, 2.75) is 32.6 Å². The number of nitrogens with one attached hydrogen (secondary N) is 2. The van der Waals surface area contributed by atoms with E-state index in [0.29, 0.717) is 16.1 Å². The average molecular weight is 372 g/mol. The Morgan fingerprint density at radius 3 is 2.42 bits per heavy atom. The van der Waals surface area contributed by atoms with E-state index >= 15 is 0 Å². The highest BCUT2D eigenvalue weighted by atomic mass is 32.1. The Bertz CT molecular complexity index is 855. The minimum Gasteiger partial charge on any atom is -0.453 e. The number of ether oxygens (including phenoxy) is 1. The number of anilines is 1. The molecule has 0 saturated heterocycles. The Balaban J connectivity index is 1.91. The number of thiophene rings is 1. The molecule has 26 heavy (non-hydrogen) atoms. The van der Waals surface area contributed by atoms with E-state index in [1.54, 1.807) is 12.1 Å². The summed E-state index contributed by atoms with van der Waals surface area (Å²) < 4.78 is 4.51. The number of carbonyl (C=O) groups is 3. The maximum absolute atomic E-state index is 12.6. The predicted molar refractivity (Wildman–Crippen MR) is 100.0 cm³/mol. The summed E-state index contributed by atoms with van der Waals surface area (Å²) >= 11 is 1.41. The molecule has 1 aliphatic carbocycles. The molecule has 6 nitrogen and oxygen atoms in total. The number of hydrogen-bond donors (Lipinski definition) is 2. The maximum atomic E-state index is 12.6. The van der Waals surface area contributed by atoms with Gasteiger partial charge in [-0.15, -0.1) is 11.3 Å². The van der Waals surface area contributed by atoms with Gasteiger partial charge in [0.1, 0.15) is 5.00 Å². The fourth-order valence-electron chi connectivity index (χ4n) is 2.98. The monoisotopic (exact) mass is 372 g/mol. The van der Waals surface area contributed by atoms with Gasteiger partial charge in [-0.3, -0.25) is 14.9 Å². The Labute approximate surface area is 155 Å². The van der Waals surface area contributed by atoms with Crippen molar-refractivity contribution in [1.82, 2.24) is 5.32 Å². The van der Waals surface area contributed by atoms with Crippen molar-refractivity contribution in [3.05, 3.63) is 51.4 Å². The molecule has 0 spiro atoms. The Morgan fingerprint density at radius 2 is 1.73 bits per heavy atom. The quantitative estimate of drug-likeness (QED) is 0.861. The van der Waals surface area contributed by atoms with Gasteiger partial charge in [0.25, 0.3) is 11.8 Å². The summed E-state index contributed by atoms with van der Waals surface area (Å²) in [5.74, 6) is -0.828. The molecule has 0 unspecified atom stereocenters. The normalized spacial score (nSPS) is 12.8. The minimum atomic E-state index is -0.818. The summed E-state index contributed by atoms with van der Waals surface area (Å²) in [7, 11) is 1.20. The summed E-state index contributed by atoms with van der Waals surface area (Å²) in [4.78, 5) is 37.7. The molecule has 1 aromatic carbocycles. The highest BCUT2D eigenvalue weighted by Crippen LogP contribution is 2.38. The Hall–Kier alpha value is -2.67. The summed E-state index contributed by atoms with van der Waals surface area (Å²) in [6.45, 7) is 1.95. The molecule has 136 valence electrons. The van der Waals surface area contributed by atoms with Gasteiger partial charge < -0.3 is 10.1 Å². The zero-order chi connectivity index (χ0) is 18.7. The lowest BCUT2D eigenvalue weighted by atomic mass is 9.95. The second-order valence-corrected chi connectivity index (χ2v) is 7.29. The third-order valence-corrected chi connectivity index (χ3v) is 5.55. The number of fused-ring (bicyclic) bond motifs is 1. The molecule has 2 aromatic rings. The Morgan fingerprint density at radius 1 is 1.04 bits per heavy atom. The number of rotatable bonds is 3. The molecule has 1 aromatic heterocycles. The first-order valence-electron chi connectivity index (χ1n) is 8.41. The van der Waals surface area contributed by atoms with E-state index in [4.69, 9.17) is 0 Å². The predicted octanol–water partition coefficient (Wildman–Crippen LogP) is 3.68. The van der Waals surface area contributed by atoms with Crippen molar-refractivity contribution in [2.24, 2.45) is 0 Å². The van der Waals surface area contributed by atoms with Crippen molar-refractivity contribution in [2.75, 3.05) is 12.4 Å². The molecule has 0 bridgehead atoms. The molecule has 0 fully saturated rings. The van der Waals surface area contributed by atoms with E-state index in [2.05, 4.69) is 15.4 Å². The van der Waals surface area contributed by atoms with Crippen LogP contribution in [0.2, 0.25) is 0 Å². The van der Waals surface area contributed by atoms with E-state index in [9.17, 15) is 14.4 Å². The van der Waals surface area contributed by atoms with Crippen LogP contribution in [-0.4, -0.2) is 25.0 Å². The highest BCUT2D eigenvalue weighted by Gasteiger charge is 2.27. The maximum Gasteiger partial charge on any atom is 0.413 e. The van der Waals surface area contributed by atoms with Crippen LogP contribution < -0.4 is 10.6 Å². The first kappa shape index (κ1) is 18.1. The van der Waals surface area contributed by atoms with Crippen molar-refractivity contribution < 1.29 is 19.1 Å². The Kier molecular flexibility index (Phi) is 5.37. The number of alkyl carbamates (subject to hydrolysis) is 1. The third-order valence-electron chi connectivity index (χ3n) is 4.34. The molecule has 0 saturated carbocycles. The highest BCUT2D eigenvalue weighted by molar-refractivity contribution is 7.17. The average Bonchev–Trinajstić information content (AvgIpc) is 2.99. The number of benzene rings is 1. The van der Waals surface area contributed by atoms with Crippen LogP contribution in [0, 0.1) is 6.92 Å². The van der Waals surface area contributed by atoms with E-state index in [-0.39, 0.29) is 5.91 Å². The van der Waals surface area contributed by atoms with Gasteiger partial charge in [0.15, 0.2) is 0 Å². The van der Waals surface area contributed by atoms with E-state index < -0.39 is 12.0 Å². The zero-order valence-corrected chi connectivity index (χ0v) is 15.5. The SMILES string of the molecule is COC(=O)NC(=O)c1c(NC(=O)c2ccc(C)cc2)sc2c1CCCC2. The number of hydrogen-bond acceptors (Lipinski definition) is 5. The summed E-state index contributed by atoms with van der Waals surface area (Å²) in [5.41, 5.74) is 2.87. The molecule has 1 aliphatic rings. The van der Waals surface area contributed by atoms with Gasteiger partial charge in [0.2, 0.25) is 0 Å². The minimum absolute atomic E-state index is 0.282. The zero-order valence-electron chi connectivity index (χ0n) is 14.7. The van der Waals surface area contributed by atoms with Crippen LogP contribution in [0.5, 0.6) is 0 Å². The third kappa shape index (κ3) is 3.77. The van der Waals surface area contributed by atoms with Gasteiger partial charge in [0, 0.05) is 10.4 Å². The summed E-state index contributed by atoms with van der Waals surface area (Å²) in [5, 5.41) is 5.52. The number of aryl methyl sites for hydroxylation is 2. The van der Waals surface area contributed by atoms with E-state index in [0.717, 1.165) is 41.7 Å². The van der Waals surface area contributed by atoms with E-state index in [1.807, 2.05) is 19.1 Å². The molecule has 3 amide bonds. The van der Waals surface area contributed by atoms with Crippen molar-refractivity contribution in [3.8, 4) is 0 Å². The smallest absolute Gasteiger partial charge is 0.413 e. The number of carbonyl (C=O) groups excluding carboxylic acids is 3. The molecular formula is C19H20N2O4S. The van der Waals surface area contributed by atoms with Gasteiger partial charge in [-0.05, 0) is 50.3 Å². The lowest BCUT2D eigenvalue weighted by Gasteiger charge is -2.12. The number of imide groups is 1. The molecule has 3 rings (SSSR count). The van der Waals surface area contributed by atoms with Crippen LogP contribution in [0.1, 0.15) is 49.6 Å².